The molecule has 4 nitrogen and oxygen atoms in total. The molecule has 0 saturated carbocycles. The van der Waals surface area contributed by atoms with Gasteiger partial charge in [-0.15, -0.1) is 0 Å². The fourth-order valence-corrected chi connectivity index (χ4v) is 2.47. The molecule has 2 aromatic carbocycles. The van der Waals surface area contributed by atoms with E-state index in [9.17, 15) is 14.7 Å². The number of aliphatic hydroxyl groups is 1. The SMILES string of the molecule is O=C1c2ccc(CCO)cc2C(=O)c2ccc(O)cc21. The van der Waals surface area contributed by atoms with Crippen molar-refractivity contribution in [3.8, 4) is 5.75 Å². The summed E-state index contributed by atoms with van der Waals surface area (Å²) in [5.41, 5.74) is 2.06. The van der Waals surface area contributed by atoms with Crippen LogP contribution in [0, 0.1) is 0 Å². The third-order valence-electron chi connectivity index (χ3n) is 3.47. The summed E-state index contributed by atoms with van der Waals surface area (Å²) in [5, 5.41) is 18.4. The summed E-state index contributed by atoms with van der Waals surface area (Å²) in [5.74, 6) is -0.527. The highest BCUT2D eigenvalue weighted by atomic mass is 16.3. The van der Waals surface area contributed by atoms with E-state index < -0.39 is 0 Å². The van der Waals surface area contributed by atoms with Gasteiger partial charge in [0, 0.05) is 28.9 Å². The van der Waals surface area contributed by atoms with Gasteiger partial charge in [0.15, 0.2) is 11.6 Å². The number of benzene rings is 2. The molecule has 0 bridgehead atoms. The second kappa shape index (κ2) is 4.58. The van der Waals surface area contributed by atoms with Crippen LogP contribution in [-0.2, 0) is 6.42 Å². The standard InChI is InChI=1S/C16H12O4/c17-6-5-9-1-3-11-13(7-9)15(19)12-4-2-10(18)8-14(12)16(11)20/h1-4,7-8,17-18H,5-6H2. The molecule has 4 heteroatoms. The Hall–Kier alpha value is -2.46. The fourth-order valence-electron chi connectivity index (χ4n) is 2.47. The van der Waals surface area contributed by atoms with E-state index in [0.29, 0.717) is 23.1 Å². The van der Waals surface area contributed by atoms with Crippen LogP contribution in [-0.4, -0.2) is 28.4 Å². The minimum absolute atomic E-state index is 0.00855. The predicted octanol–water partition coefficient (Wildman–Crippen LogP) is 1.70. The molecule has 0 atom stereocenters. The van der Waals surface area contributed by atoms with Crippen molar-refractivity contribution in [2.45, 2.75) is 6.42 Å². The van der Waals surface area contributed by atoms with E-state index in [-0.39, 0.29) is 29.5 Å². The molecule has 3 rings (SSSR count). The molecule has 0 spiro atoms. The Bertz CT molecular complexity index is 731. The second-order valence-electron chi connectivity index (χ2n) is 4.74. The first-order valence-corrected chi connectivity index (χ1v) is 6.28. The van der Waals surface area contributed by atoms with Crippen molar-refractivity contribution in [1.29, 1.82) is 0 Å². The maximum Gasteiger partial charge on any atom is 0.194 e. The van der Waals surface area contributed by atoms with Crippen LogP contribution in [0.25, 0.3) is 0 Å². The number of carbonyl (C=O) groups is 2. The highest BCUT2D eigenvalue weighted by Crippen LogP contribution is 2.30. The highest BCUT2D eigenvalue weighted by Gasteiger charge is 2.29. The third-order valence-corrected chi connectivity index (χ3v) is 3.47. The highest BCUT2D eigenvalue weighted by molar-refractivity contribution is 6.28. The van der Waals surface area contributed by atoms with Gasteiger partial charge in [0.1, 0.15) is 5.75 Å². The van der Waals surface area contributed by atoms with Gasteiger partial charge in [0.25, 0.3) is 0 Å². The number of ketones is 2. The van der Waals surface area contributed by atoms with Crippen LogP contribution < -0.4 is 0 Å². The van der Waals surface area contributed by atoms with E-state index >= 15 is 0 Å². The molecule has 20 heavy (non-hydrogen) atoms. The molecule has 2 N–H and O–H groups in total. The number of fused-ring (bicyclic) bond motifs is 2. The van der Waals surface area contributed by atoms with E-state index in [4.69, 9.17) is 5.11 Å². The monoisotopic (exact) mass is 268 g/mol. The van der Waals surface area contributed by atoms with Crippen molar-refractivity contribution in [2.75, 3.05) is 6.61 Å². The van der Waals surface area contributed by atoms with Crippen molar-refractivity contribution >= 4 is 11.6 Å². The van der Waals surface area contributed by atoms with Crippen LogP contribution in [0.5, 0.6) is 5.75 Å². The van der Waals surface area contributed by atoms with Crippen LogP contribution in [0.3, 0.4) is 0 Å². The minimum Gasteiger partial charge on any atom is -0.508 e. The predicted molar refractivity (Wildman–Crippen MR) is 72.2 cm³/mol. The third kappa shape index (κ3) is 1.82. The Kier molecular flexibility index (Phi) is 2.88. The molecule has 1 aliphatic carbocycles. The first kappa shape index (κ1) is 12.6. The number of aromatic hydroxyl groups is 1. The molecular weight excluding hydrogens is 256 g/mol. The minimum atomic E-state index is -0.263. The summed E-state index contributed by atoms with van der Waals surface area (Å²) >= 11 is 0. The number of phenols is 1. The lowest BCUT2D eigenvalue weighted by molar-refractivity contribution is 0.0978. The van der Waals surface area contributed by atoms with Gasteiger partial charge in [0.2, 0.25) is 0 Å². The molecule has 0 aliphatic heterocycles. The van der Waals surface area contributed by atoms with Gasteiger partial charge in [-0.05, 0) is 36.2 Å². The van der Waals surface area contributed by atoms with Crippen molar-refractivity contribution < 1.29 is 19.8 Å². The van der Waals surface area contributed by atoms with Crippen LogP contribution >= 0.6 is 0 Å². The molecule has 0 unspecified atom stereocenters. The van der Waals surface area contributed by atoms with E-state index in [0.717, 1.165) is 5.56 Å². The first-order valence-electron chi connectivity index (χ1n) is 6.28. The average molecular weight is 268 g/mol. The number of rotatable bonds is 2. The summed E-state index contributed by atoms with van der Waals surface area (Å²) < 4.78 is 0. The summed E-state index contributed by atoms with van der Waals surface area (Å²) in [4.78, 5) is 24.8. The molecule has 0 saturated heterocycles. The zero-order valence-corrected chi connectivity index (χ0v) is 10.6. The van der Waals surface area contributed by atoms with Crippen molar-refractivity contribution in [3.63, 3.8) is 0 Å². The molecular formula is C16H12O4. The quantitative estimate of drug-likeness (QED) is 0.742. The normalized spacial score (nSPS) is 13.1. The van der Waals surface area contributed by atoms with Gasteiger partial charge in [-0.3, -0.25) is 9.59 Å². The second-order valence-corrected chi connectivity index (χ2v) is 4.74. The Morgan fingerprint density at radius 1 is 0.800 bits per heavy atom. The topological polar surface area (TPSA) is 74.6 Å². The Morgan fingerprint density at radius 3 is 2.05 bits per heavy atom. The van der Waals surface area contributed by atoms with Gasteiger partial charge < -0.3 is 10.2 Å². The summed E-state index contributed by atoms with van der Waals surface area (Å²) in [6.45, 7) is -0.00855. The molecule has 0 amide bonds. The lowest BCUT2D eigenvalue weighted by atomic mass is 9.83. The van der Waals surface area contributed by atoms with E-state index in [1.54, 1.807) is 18.2 Å². The van der Waals surface area contributed by atoms with Crippen LogP contribution in [0.1, 0.15) is 37.4 Å². The molecule has 1 aliphatic rings. The van der Waals surface area contributed by atoms with Gasteiger partial charge >= 0.3 is 0 Å². The largest absolute Gasteiger partial charge is 0.508 e. The lowest BCUT2D eigenvalue weighted by Crippen LogP contribution is -2.21. The van der Waals surface area contributed by atoms with E-state index in [1.807, 2.05) is 0 Å². The van der Waals surface area contributed by atoms with Crippen LogP contribution in [0.15, 0.2) is 36.4 Å². The van der Waals surface area contributed by atoms with E-state index in [1.165, 1.54) is 18.2 Å². The van der Waals surface area contributed by atoms with Crippen LogP contribution in [0.2, 0.25) is 0 Å². The van der Waals surface area contributed by atoms with Gasteiger partial charge in [0.05, 0.1) is 0 Å². The summed E-state index contributed by atoms with van der Waals surface area (Å²) in [6.07, 6.45) is 0.442. The van der Waals surface area contributed by atoms with Crippen molar-refractivity contribution in [1.82, 2.24) is 0 Å². The fraction of sp³-hybridized carbons (Fsp3) is 0.125. The summed E-state index contributed by atoms with van der Waals surface area (Å²) in [6, 6.07) is 9.17. The Balaban J connectivity index is 2.18. The number of aliphatic hydroxyl groups excluding tert-OH is 1. The molecule has 0 aromatic heterocycles. The Labute approximate surface area is 115 Å². The molecule has 0 fully saturated rings. The number of hydrogen-bond acceptors (Lipinski definition) is 4. The first-order chi connectivity index (χ1) is 9.61. The number of phenolic OH excluding ortho intramolecular Hbond substituents is 1. The molecule has 0 radical (unpaired) electrons. The molecule has 0 heterocycles. The van der Waals surface area contributed by atoms with Gasteiger partial charge in [-0.1, -0.05) is 12.1 Å². The number of carbonyl (C=O) groups excluding carboxylic acids is 2. The van der Waals surface area contributed by atoms with E-state index in [2.05, 4.69) is 0 Å². The van der Waals surface area contributed by atoms with Crippen LogP contribution in [0.4, 0.5) is 0 Å². The smallest absolute Gasteiger partial charge is 0.194 e. The van der Waals surface area contributed by atoms with Crippen molar-refractivity contribution in [2.24, 2.45) is 0 Å². The van der Waals surface area contributed by atoms with Gasteiger partial charge in [-0.25, -0.2) is 0 Å². The summed E-state index contributed by atoms with van der Waals surface area (Å²) in [7, 11) is 0. The van der Waals surface area contributed by atoms with Crippen molar-refractivity contribution in [3.05, 3.63) is 64.2 Å². The van der Waals surface area contributed by atoms with Gasteiger partial charge in [-0.2, -0.15) is 0 Å². The average Bonchev–Trinajstić information content (AvgIpc) is 2.45. The number of hydrogen-bond donors (Lipinski definition) is 2. The lowest BCUT2D eigenvalue weighted by Gasteiger charge is -2.18. The maximum atomic E-state index is 12.4. The maximum absolute atomic E-state index is 12.4. The zero-order chi connectivity index (χ0) is 14.3. The molecule has 2 aromatic rings. The Morgan fingerprint density at radius 2 is 1.40 bits per heavy atom. The molecule has 100 valence electrons. The zero-order valence-electron chi connectivity index (χ0n) is 10.6.